The van der Waals surface area contributed by atoms with E-state index in [9.17, 15) is 4.79 Å². The first kappa shape index (κ1) is 18.3. The lowest BCUT2D eigenvalue weighted by Gasteiger charge is -2.11. The van der Waals surface area contributed by atoms with Crippen LogP contribution in [0.15, 0.2) is 64.1 Å². The van der Waals surface area contributed by atoms with Gasteiger partial charge < -0.3 is 10.1 Å². The Kier molecular flexibility index (Phi) is 6.14. The van der Waals surface area contributed by atoms with Crippen LogP contribution < -0.4 is 11.0 Å². The maximum absolute atomic E-state index is 12.3. The number of aromatic nitrogens is 3. The summed E-state index contributed by atoms with van der Waals surface area (Å²) in [5.41, 5.74) is 2.44. The third-order valence-electron chi connectivity index (χ3n) is 3.77. The molecule has 1 N–H and O–H groups in total. The van der Waals surface area contributed by atoms with Gasteiger partial charge in [0, 0.05) is 11.0 Å². The van der Waals surface area contributed by atoms with Gasteiger partial charge in [-0.15, -0.1) is 0 Å². The van der Waals surface area contributed by atoms with Crippen LogP contribution in [-0.2, 0) is 11.3 Å². The van der Waals surface area contributed by atoms with Crippen molar-refractivity contribution in [3.05, 3.63) is 80.9 Å². The number of ether oxygens (including phenoxy) is 1. The van der Waals surface area contributed by atoms with E-state index in [0.29, 0.717) is 25.7 Å². The molecule has 0 saturated heterocycles. The number of anilines is 1. The van der Waals surface area contributed by atoms with Gasteiger partial charge in [-0.25, -0.2) is 14.3 Å². The molecule has 0 atom stereocenters. The number of nitrogens with zero attached hydrogens (tertiary/aromatic N) is 3. The zero-order valence-corrected chi connectivity index (χ0v) is 15.9. The standard InChI is InChI=1S/C19H19BrN4O2/c1-14-6-5-9-16(20)17(14)24-13-22-18(23-19(24)25)21-10-11-26-12-15-7-3-2-4-8-15/h2-9,13H,10-12H2,1H3,(H,21,23,25). The molecule has 2 aromatic carbocycles. The minimum Gasteiger partial charge on any atom is -0.375 e. The summed E-state index contributed by atoms with van der Waals surface area (Å²) in [5, 5.41) is 3.01. The lowest BCUT2D eigenvalue weighted by molar-refractivity contribution is 0.130. The average molecular weight is 415 g/mol. The third-order valence-corrected chi connectivity index (χ3v) is 4.41. The van der Waals surface area contributed by atoms with Crippen LogP contribution >= 0.6 is 15.9 Å². The van der Waals surface area contributed by atoms with Gasteiger partial charge in [0.2, 0.25) is 5.95 Å². The highest BCUT2D eigenvalue weighted by atomic mass is 79.9. The van der Waals surface area contributed by atoms with Crippen molar-refractivity contribution in [1.29, 1.82) is 0 Å². The van der Waals surface area contributed by atoms with Crippen molar-refractivity contribution in [1.82, 2.24) is 14.5 Å². The Balaban J connectivity index is 1.57. The minimum atomic E-state index is -0.386. The summed E-state index contributed by atoms with van der Waals surface area (Å²) >= 11 is 3.47. The lowest BCUT2D eigenvalue weighted by Crippen LogP contribution is -2.25. The van der Waals surface area contributed by atoms with Gasteiger partial charge in [0.05, 0.1) is 18.9 Å². The third kappa shape index (κ3) is 4.56. The fourth-order valence-corrected chi connectivity index (χ4v) is 3.16. The fraction of sp³-hybridized carbons (Fsp3) is 0.211. The van der Waals surface area contributed by atoms with Gasteiger partial charge in [-0.3, -0.25) is 0 Å². The number of hydrogen-bond acceptors (Lipinski definition) is 5. The first-order chi connectivity index (χ1) is 12.6. The van der Waals surface area contributed by atoms with E-state index in [0.717, 1.165) is 21.3 Å². The van der Waals surface area contributed by atoms with Crippen molar-refractivity contribution in [2.24, 2.45) is 0 Å². The summed E-state index contributed by atoms with van der Waals surface area (Å²) in [4.78, 5) is 20.6. The molecular weight excluding hydrogens is 396 g/mol. The minimum absolute atomic E-state index is 0.291. The lowest BCUT2D eigenvalue weighted by atomic mass is 10.2. The smallest absolute Gasteiger partial charge is 0.356 e. The molecule has 1 aromatic heterocycles. The second-order valence-corrected chi connectivity index (χ2v) is 6.56. The first-order valence-electron chi connectivity index (χ1n) is 8.22. The van der Waals surface area contributed by atoms with Crippen LogP contribution in [0.1, 0.15) is 11.1 Å². The van der Waals surface area contributed by atoms with E-state index in [1.54, 1.807) is 0 Å². The van der Waals surface area contributed by atoms with Crippen LogP contribution in [0.25, 0.3) is 5.69 Å². The van der Waals surface area contributed by atoms with Crippen LogP contribution in [0.4, 0.5) is 5.95 Å². The van der Waals surface area contributed by atoms with E-state index in [1.807, 2.05) is 55.5 Å². The van der Waals surface area contributed by atoms with Crippen molar-refractivity contribution < 1.29 is 4.74 Å². The van der Waals surface area contributed by atoms with Gasteiger partial charge in [-0.2, -0.15) is 4.98 Å². The Morgan fingerprint density at radius 1 is 1.15 bits per heavy atom. The summed E-state index contributed by atoms with van der Waals surface area (Å²) < 4.78 is 7.83. The normalized spacial score (nSPS) is 10.7. The summed E-state index contributed by atoms with van der Waals surface area (Å²) in [5.74, 6) is 0.291. The molecule has 0 aliphatic rings. The van der Waals surface area contributed by atoms with Gasteiger partial charge in [0.15, 0.2) is 0 Å². The zero-order chi connectivity index (χ0) is 18.4. The predicted octanol–water partition coefficient (Wildman–Crippen LogP) is 3.33. The highest BCUT2D eigenvalue weighted by Crippen LogP contribution is 2.22. The fourth-order valence-electron chi connectivity index (χ4n) is 2.50. The van der Waals surface area contributed by atoms with Crippen molar-refractivity contribution in [3.63, 3.8) is 0 Å². The van der Waals surface area contributed by atoms with Crippen LogP contribution in [0, 0.1) is 6.92 Å². The van der Waals surface area contributed by atoms with Crippen molar-refractivity contribution in [2.45, 2.75) is 13.5 Å². The van der Waals surface area contributed by atoms with Gasteiger partial charge in [-0.05, 0) is 40.0 Å². The number of hydrogen-bond donors (Lipinski definition) is 1. The number of rotatable bonds is 7. The number of para-hydroxylation sites is 1. The zero-order valence-electron chi connectivity index (χ0n) is 14.4. The summed E-state index contributed by atoms with van der Waals surface area (Å²) in [6, 6.07) is 15.7. The van der Waals surface area contributed by atoms with E-state index >= 15 is 0 Å². The van der Waals surface area contributed by atoms with Gasteiger partial charge in [0.1, 0.15) is 6.33 Å². The van der Waals surface area contributed by atoms with E-state index in [1.165, 1.54) is 10.9 Å². The molecule has 0 fully saturated rings. The molecule has 3 aromatic rings. The largest absolute Gasteiger partial charge is 0.375 e. The van der Waals surface area contributed by atoms with Crippen molar-refractivity contribution >= 4 is 21.9 Å². The molecule has 3 rings (SSSR count). The molecule has 0 bridgehead atoms. The molecule has 134 valence electrons. The van der Waals surface area contributed by atoms with Gasteiger partial charge in [0.25, 0.3) is 0 Å². The van der Waals surface area contributed by atoms with Crippen LogP contribution in [0.5, 0.6) is 0 Å². The maximum atomic E-state index is 12.3. The quantitative estimate of drug-likeness (QED) is 0.600. The molecule has 0 aliphatic heterocycles. The number of aryl methyl sites for hydroxylation is 1. The number of halogens is 1. The number of benzene rings is 2. The van der Waals surface area contributed by atoms with Crippen molar-refractivity contribution in [2.75, 3.05) is 18.5 Å². The van der Waals surface area contributed by atoms with E-state index < -0.39 is 0 Å². The van der Waals surface area contributed by atoms with E-state index in [4.69, 9.17) is 4.74 Å². The molecule has 1 heterocycles. The molecule has 0 radical (unpaired) electrons. The second kappa shape index (κ2) is 8.73. The summed E-state index contributed by atoms with van der Waals surface area (Å²) in [6.07, 6.45) is 1.48. The van der Waals surface area contributed by atoms with Gasteiger partial charge >= 0.3 is 5.69 Å². The molecule has 26 heavy (non-hydrogen) atoms. The molecule has 7 heteroatoms. The predicted molar refractivity (Wildman–Crippen MR) is 105 cm³/mol. The molecular formula is C19H19BrN4O2. The summed E-state index contributed by atoms with van der Waals surface area (Å²) in [7, 11) is 0. The Morgan fingerprint density at radius 2 is 1.96 bits per heavy atom. The van der Waals surface area contributed by atoms with Crippen LogP contribution in [0.3, 0.4) is 0 Å². The first-order valence-corrected chi connectivity index (χ1v) is 9.01. The highest BCUT2D eigenvalue weighted by Gasteiger charge is 2.09. The topological polar surface area (TPSA) is 69.0 Å². The second-order valence-electron chi connectivity index (χ2n) is 5.70. The SMILES string of the molecule is Cc1cccc(Br)c1-n1cnc(NCCOCc2ccccc2)nc1=O. The Bertz CT molecular complexity index is 908. The molecule has 0 aliphatic carbocycles. The van der Waals surface area contributed by atoms with Crippen LogP contribution in [0.2, 0.25) is 0 Å². The highest BCUT2D eigenvalue weighted by molar-refractivity contribution is 9.10. The monoisotopic (exact) mass is 414 g/mol. The Hall–Kier alpha value is -2.51. The average Bonchev–Trinajstić information content (AvgIpc) is 2.64. The Morgan fingerprint density at radius 3 is 2.69 bits per heavy atom. The molecule has 6 nitrogen and oxygen atoms in total. The van der Waals surface area contributed by atoms with E-state index in [-0.39, 0.29) is 5.69 Å². The van der Waals surface area contributed by atoms with Crippen LogP contribution in [-0.4, -0.2) is 27.7 Å². The van der Waals surface area contributed by atoms with Crippen molar-refractivity contribution in [3.8, 4) is 5.69 Å². The maximum Gasteiger partial charge on any atom is 0.356 e. The molecule has 0 spiro atoms. The molecule has 0 unspecified atom stereocenters. The Labute approximate surface area is 160 Å². The molecule has 0 amide bonds. The van der Waals surface area contributed by atoms with E-state index in [2.05, 4.69) is 31.2 Å². The molecule has 0 saturated carbocycles. The van der Waals surface area contributed by atoms with Gasteiger partial charge in [-0.1, -0.05) is 42.5 Å². The summed E-state index contributed by atoms with van der Waals surface area (Å²) in [6.45, 7) is 3.49. The number of nitrogens with one attached hydrogen (secondary N) is 1.